The maximum atomic E-state index is 12.9. The average molecular weight is 413 g/mol. The molecule has 1 atom stereocenters. The molecule has 28 heavy (non-hydrogen) atoms. The number of benzene rings is 1. The SMILES string of the molecule is O=C(CCc1cccc(Cl)c1)N1CCC[C@@H]1c1cccc(Nc2nccs2)n1. The van der Waals surface area contributed by atoms with Crippen LogP contribution in [0.1, 0.15) is 36.6 Å². The third kappa shape index (κ3) is 4.51. The number of thiazole rings is 1. The summed E-state index contributed by atoms with van der Waals surface area (Å²) < 4.78 is 0. The summed E-state index contributed by atoms with van der Waals surface area (Å²) in [5.41, 5.74) is 2.01. The minimum Gasteiger partial charge on any atom is -0.334 e. The summed E-state index contributed by atoms with van der Waals surface area (Å²) in [7, 11) is 0. The summed E-state index contributed by atoms with van der Waals surface area (Å²) in [5.74, 6) is 0.924. The van der Waals surface area contributed by atoms with Crippen molar-refractivity contribution in [1.29, 1.82) is 0 Å². The molecular formula is C21H21ClN4OS. The van der Waals surface area contributed by atoms with Crippen LogP contribution in [0, 0.1) is 0 Å². The lowest BCUT2D eigenvalue weighted by Gasteiger charge is -2.25. The van der Waals surface area contributed by atoms with Gasteiger partial charge >= 0.3 is 0 Å². The molecule has 0 radical (unpaired) electrons. The fourth-order valence-electron chi connectivity index (χ4n) is 3.56. The topological polar surface area (TPSA) is 58.1 Å². The number of pyridine rings is 1. The van der Waals surface area contributed by atoms with Gasteiger partial charge in [-0.25, -0.2) is 9.97 Å². The molecule has 0 bridgehead atoms. The number of nitrogens with one attached hydrogen (secondary N) is 1. The van der Waals surface area contributed by atoms with Crippen LogP contribution in [-0.2, 0) is 11.2 Å². The zero-order chi connectivity index (χ0) is 19.3. The molecule has 7 heteroatoms. The molecule has 0 unspecified atom stereocenters. The smallest absolute Gasteiger partial charge is 0.223 e. The van der Waals surface area contributed by atoms with E-state index in [4.69, 9.17) is 16.6 Å². The van der Waals surface area contributed by atoms with Gasteiger partial charge in [0.15, 0.2) is 5.13 Å². The Balaban J connectivity index is 1.43. The van der Waals surface area contributed by atoms with E-state index in [9.17, 15) is 4.79 Å². The van der Waals surface area contributed by atoms with Gasteiger partial charge in [-0.1, -0.05) is 29.8 Å². The largest absolute Gasteiger partial charge is 0.334 e. The predicted octanol–water partition coefficient (Wildman–Crippen LogP) is 5.23. The van der Waals surface area contributed by atoms with Gasteiger partial charge in [-0.2, -0.15) is 0 Å². The van der Waals surface area contributed by atoms with E-state index in [1.807, 2.05) is 52.7 Å². The normalized spacial score (nSPS) is 16.3. The third-order valence-corrected chi connectivity index (χ3v) is 5.79. The summed E-state index contributed by atoms with van der Waals surface area (Å²) >= 11 is 7.57. The Morgan fingerprint density at radius 3 is 3.00 bits per heavy atom. The molecule has 1 saturated heterocycles. The van der Waals surface area contributed by atoms with Gasteiger partial charge in [0.25, 0.3) is 0 Å². The monoisotopic (exact) mass is 412 g/mol. The lowest BCUT2D eigenvalue weighted by molar-refractivity contribution is -0.132. The lowest BCUT2D eigenvalue weighted by atomic mass is 10.1. The van der Waals surface area contributed by atoms with Crippen LogP contribution in [0.3, 0.4) is 0 Å². The van der Waals surface area contributed by atoms with Crippen LogP contribution in [0.2, 0.25) is 5.02 Å². The van der Waals surface area contributed by atoms with Gasteiger partial charge in [-0.15, -0.1) is 11.3 Å². The van der Waals surface area contributed by atoms with Crippen molar-refractivity contribution < 1.29 is 4.79 Å². The van der Waals surface area contributed by atoms with E-state index in [1.165, 1.54) is 11.3 Å². The number of aryl methyl sites for hydroxylation is 1. The van der Waals surface area contributed by atoms with Crippen LogP contribution in [0.15, 0.2) is 54.0 Å². The standard InChI is InChI=1S/C21H21ClN4OS/c22-16-5-1-4-15(14-16)9-10-20(27)26-12-3-7-18(26)17-6-2-8-19(24-17)25-21-23-11-13-28-21/h1-2,4-6,8,11,13-14,18H,3,7,9-10,12H2,(H,23,24,25)/t18-/m1/s1. The summed E-state index contributed by atoms with van der Waals surface area (Å²) in [5, 5.41) is 6.66. The number of carbonyl (C=O) groups excluding carboxylic acids is 1. The van der Waals surface area contributed by atoms with E-state index in [0.717, 1.165) is 41.6 Å². The Hall–Kier alpha value is -2.44. The second-order valence-electron chi connectivity index (χ2n) is 6.79. The summed E-state index contributed by atoms with van der Waals surface area (Å²) in [6, 6.07) is 13.6. The van der Waals surface area contributed by atoms with Gasteiger partial charge < -0.3 is 10.2 Å². The Morgan fingerprint density at radius 2 is 2.18 bits per heavy atom. The fraction of sp³-hybridized carbons (Fsp3) is 0.286. The van der Waals surface area contributed by atoms with Crippen LogP contribution in [0.4, 0.5) is 10.9 Å². The summed E-state index contributed by atoms with van der Waals surface area (Å²) in [6.07, 6.45) is 4.87. The van der Waals surface area contributed by atoms with Gasteiger partial charge in [0, 0.05) is 29.6 Å². The molecule has 0 saturated carbocycles. The molecule has 0 aliphatic carbocycles. The van der Waals surface area contributed by atoms with Crippen LogP contribution in [-0.4, -0.2) is 27.3 Å². The number of amides is 1. The molecule has 1 amide bonds. The first-order valence-corrected chi connectivity index (χ1v) is 10.6. The molecule has 1 fully saturated rings. The van der Waals surface area contributed by atoms with E-state index in [-0.39, 0.29) is 11.9 Å². The molecule has 1 aliphatic rings. The van der Waals surface area contributed by atoms with Crippen molar-refractivity contribution in [3.63, 3.8) is 0 Å². The number of halogens is 1. The first kappa shape index (κ1) is 18.9. The molecular weight excluding hydrogens is 392 g/mol. The molecule has 144 valence electrons. The highest BCUT2D eigenvalue weighted by Crippen LogP contribution is 2.32. The Kier molecular flexibility index (Phi) is 5.88. The van der Waals surface area contributed by atoms with E-state index in [1.54, 1.807) is 6.20 Å². The number of likely N-dealkylation sites (tertiary alicyclic amines) is 1. The molecule has 4 rings (SSSR count). The predicted molar refractivity (Wildman–Crippen MR) is 113 cm³/mol. The number of carbonyl (C=O) groups is 1. The number of aromatic nitrogens is 2. The molecule has 1 N–H and O–H groups in total. The first-order chi connectivity index (χ1) is 13.7. The number of anilines is 2. The minimum atomic E-state index is 0.0323. The second-order valence-corrected chi connectivity index (χ2v) is 8.12. The zero-order valence-corrected chi connectivity index (χ0v) is 16.9. The van der Waals surface area contributed by atoms with Crippen molar-refractivity contribution in [2.45, 2.75) is 31.7 Å². The Bertz CT molecular complexity index is 947. The van der Waals surface area contributed by atoms with Crippen LogP contribution < -0.4 is 5.32 Å². The molecule has 2 aromatic heterocycles. The molecule has 5 nitrogen and oxygen atoms in total. The van der Waals surface area contributed by atoms with E-state index >= 15 is 0 Å². The lowest BCUT2D eigenvalue weighted by Crippen LogP contribution is -2.31. The van der Waals surface area contributed by atoms with Crippen molar-refractivity contribution in [3.05, 3.63) is 70.3 Å². The zero-order valence-electron chi connectivity index (χ0n) is 15.3. The van der Waals surface area contributed by atoms with Crippen molar-refractivity contribution in [2.75, 3.05) is 11.9 Å². The molecule has 1 aromatic carbocycles. The second kappa shape index (κ2) is 8.71. The maximum Gasteiger partial charge on any atom is 0.223 e. The van der Waals surface area contributed by atoms with Crippen molar-refractivity contribution in [3.8, 4) is 0 Å². The minimum absolute atomic E-state index is 0.0323. The molecule has 1 aliphatic heterocycles. The van der Waals surface area contributed by atoms with Gasteiger partial charge in [0.05, 0.1) is 11.7 Å². The summed E-state index contributed by atoms with van der Waals surface area (Å²) in [6.45, 7) is 0.783. The van der Waals surface area contributed by atoms with Gasteiger partial charge in [-0.05, 0) is 49.1 Å². The van der Waals surface area contributed by atoms with E-state index < -0.39 is 0 Å². The highest BCUT2D eigenvalue weighted by Gasteiger charge is 2.30. The first-order valence-electron chi connectivity index (χ1n) is 9.36. The number of hydrogen-bond donors (Lipinski definition) is 1. The van der Waals surface area contributed by atoms with Crippen LogP contribution >= 0.6 is 22.9 Å². The molecule has 0 spiro atoms. The molecule has 3 aromatic rings. The van der Waals surface area contributed by atoms with E-state index in [0.29, 0.717) is 17.9 Å². The van der Waals surface area contributed by atoms with Gasteiger partial charge in [0.2, 0.25) is 5.91 Å². The number of rotatable bonds is 6. The van der Waals surface area contributed by atoms with Crippen LogP contribution in [0.25, 0.3) is 0 Å². The molecule has 3 heterocycles. The Labute approximate surface area is 173 Å². The summed E-state index contributed by atoms with van der Waals surface area (Å²) in [4.78, 5) is 23.8. The van der Waals surface area contributed by atoms with Crippen molar-refractivity contribution >= 4 is 39.8 Å². The highest BCUT2D eigenvalue weighted by atomic mass is 35.5. The quantitative estimate of drug-likeness (QED) is 0.602. The third-order valence-electron chi connectivity index (χ3n) is 4.87. The van der Waals surface area contributed by atoms with Crippen molar-refractivity contribution in [1.82, 2.24) is 14.9 Å². The number of hydrogen-bond acceptors (Lipinski definition) is 5. The Morgan fingerprint density at radius 1 is 1.29 bits per heavy atom. The maximum absolute atomic E-state index is 12.9. The van der Waals surface area contributed by atoms with Crippen LogP contribution in [0.5, 0.6) is 0 Å². The fourth-order valence-corrected chi connectivity index (χ4v) is 4.31. The van der Waals surface area contributed by atoms with Gasteiger partial charge in [0.1, 0.15) is 5.82 Å². The van der Waals surface area contributed by atoms with Gasteiger partial charge in [-0.3, -0.25) is 4.79 Å². The number of nitrogens with zero attached hydrogens (tertiary/aromatic N) is 3. The average Bonchev–Trinajstić information content (AvgIpc) is 3.38. The van der Waals surface area contributed by atoms with Crippen molar-refractivity contribution in [2.24, 2.45) is 0 Å². The van der Waals surface area contributed by atoms with E-state index in [2.05, 4.69) is 10.3 Å². The highest BCUT2D eigenvalue weighted by molar-refractivity contribution is 7.13.